The first-order valence-electron chi connectivity index (χ1n) is 7.06. The molecular weight excluding hydrogens is 302 g/mol. The fourth-order valence-electron chi connectivity index (χ4n) is 1.61. The van der Waals surface area contributed by atoms with Gasteiger partial charge in [0.25, 0.3) is 6.47 Å². The summed E-state index contributed by atoms with van der Waals surface area (Å²) < 4.78 is 13.2. The monoisotopic (exact) mass is 325 g/mol. The summed E-state index contributed by atoms with van der Waals surface area (Å²) in [5.74, 6) is -0.964. The molecule has 0 aliphatic rings. The molecule has 0 radical (unpaired) electrons. The first-order valence-corrected chi connectivity index (χ1v) is 7.06. The van der Waals surface area contributed by atoms with Gasteiger partial charge in [-0.25, -0.2) is 9.59 Å². The van der Waals surface area contributed by atoms with Gasteiger partial charge in [-0.1, -0.05) is 13.3 Å². The van der Waals surface area contributed by atoms with Gasteiger partial charge in [0, 0.05) is 12.2 Å². The molecule has 128 valence electrons. The van der Waals surface area contributed by atoms with Crippen LogP contribution in [0.25, 0.3) is 0 Å². The van der Waals surface area contributed by atoms with E-state index >= 15 is 0 Å². The lowest BCUT2D eigenvalue weighted by Crippen LogP contribution is -2.09. The summed E-state index contributed by atoms with van der Waals surface area (Å²) in [5, 5.41) is 3.17. The number of carbonyl (C=O) groups excluding carboxylic acids is 3. The van der Waals surface area contributed by atoms with E-state index in [1.54, 1.807) is 12.1 Å². The van der Waals surface area contributed by atoms with Crippen molar-refractivity contribution >= 4 is 24.1 Å². The van der Waals surface area contributed by atoms with Crippen LogP contribution in [0.1, 0.15) is 40.5 Å². The number of methoxy groups -OCH3 is 3. The number of carbonyl (C=O) groups is 3. The topological polar surface area (TPSA) is 90.9 Å². The molecule has 0 bridgehead atoms. The second-order valence-electron chi connectivity index (χ2n) is 4.39. The highest BCUT2D eigenvalue weighted by Gasteiger charge is 2.13. The summed E-state index contributed by atoms with van der Waals surface area (Å²) in [7, 11) is 3.92. The van der Waals surface area contributed by atoms with Gasteiger partial charge >= 0.3 is 11.9 Å². The minimum atomic E-state index is -0.482. The predicted molar refractivity (Wildman–Crippen MR) is 85.6 cm³/mol. The van der Waals surface area contributed by atoms with Gasteiger partial charge in [0.15, 0.2) is 0 Å². The quantitative estimate of drug-likeness (QED) is 0.356. The van der Waals surface area contributed by atoms with Crippen LogP contribution >= 0.6 is 0 Å². The zero-order chi connectivity index (χ0) is 17.7. The number of hydrogen-bond acceptors (Lipinski definition) is 7. The van der Waals surface area contributed by atoms with Gasteiger partial charge in [0.2, 0.25) is 0 Å². The zero-order valence-electron chi connectivity index (χ0n) is 13.9. The first kappa shape index (κ1) is 20.4. The fourth-order valence-corrected chi connectivity index (χ4v) is 1.61. The molecule has 0 saturated carbocycles. The van der Waals surface area contributed by atoms with Crippen LogP contribution in [-0.2, 0) is 19.0 Å². The molecule has 7 heteroatoms. The molecule has 0 aromatic heterocycles. The molecule has 1 aromatic carbocycles. The summed E-state index contributed by atoms with van der Waals surface area (Å²) in [5.41, 5.74) is 1.35. The van der Waals surface area contributed by atoms with Crippen LogP contribution in [0.2, 0.25) is 0 Å². The number of rotatable bonds is 7. The average molecular weight is 325 g/mol. The second kappa shape index (κ2) is 12.0. The van der Waals surface area contributed by atoms with E-state index in [0.29, 0.717) is 23.3 Å². The summed E-state index contributed by atoms with van der Waals surface area (Å²) in [6.07, 6.45) is 2.07. The maximum atomic E-state index is 11.6. The van der Waals surface area contributed by atoms with Crippen LogP contribution in [0, 0.1) is 0 Å². The van der Waals surface area contributed by atoms with Gasteiger partial charge in [0.1, 0.15) is 0 Å². The molecule has 0 aliphatic carbocycles. The summed E-state index contributed by atoms with van der Waals surface area (Å²) in [6, 6.07) is 4.78. The van der Waals surface area contributed by atoms with Crippen LogP contribution in [0.4, 0.5) is 5.69 Å². The van der Waals surface area contributed by atoms with Gasteiger partial charge in [-0.15, -0.1) is 0 Å². The number of anilines is 1. The van der Waals surface area contributed by atoms with Crippen molar-refractivity contribution in [1.29, 1.82) is 0 Å². The third-order valence-corrected chi connectivity index (χ3v) is 2.73. The van der Waals surface area contributed by atoms with E-state index < -0.39 is 11.9 Å². The molecule has 0 unspecified atom stereocenters. The van der Waals surface area contributed by atoms with E-state index in [1.165, 1.54) is 27.4 Å². The third-order valence-electron chi connectivity index (χ3n) is 2.73. The lowest BCUT2D eigenvalue weighted by Gasteiger charge is -2.09. The Morgan fingerprint density at radius 2 is 1.52 bits per heavy atom. The largest absolute Gasteiger partial charge is 0.471 e. The van der Waals surface area contributed by atoms with Crippen molar-refractivity contribution in [1.82, 2.24) is 0 Å². The average Bonchev–Trinajstić information content (AvgIpc) is 2.60. The Morgan fingerprint density at radius 3 is 1.87 bits per heavy atom. The van der Waals surface area contributed by atoms with Gasteiger partial charge in [0.05, 0.1) is 32.5 Å². The standard InChI is InChI=1S/C14H19NO4.C2H4O2/c1-4-5-6-15-12-8-10(13(16)18-2)7-11(9-12)14(17)19-3;1-4-2-3/h7-9,15H,4-6H2,1-3H3;2H,1H3. The molecule has 0 atom stereocenters. The number of nitrogens with one attached hydrogen (secondary N) is 1. The van der Waals surface area contributed by atoms with Crippen LogP contribution in [0.5, 0.6) is 0 Å². The van der Waals surface area contributed by atoms with Crippen molar-refractivity contribution in [3.05, 3.63) is 29.3 Å². The second-order valence-corrected chi connectivity index (χ2v) is 4.39. The molecular formula is C16H23NO6. The van der Waals surface area contributed by atoms with Gasteiger partial charge in [-0.05, 0) is 24.6 Å². The van der Waals surface area contributed by atoms with Crippen molar-refractivity contribution in [3.63, 3.8) is 0 Å². The number of ether oxygens (including phenoxy) is 3. The van der Waals surface area contributed by atoms with Crippen LogP contribution < -0.4 is 5.32 Å². The lowest BCUT2D eigenvalue weighted by atomic mass is 10.1. The van der Waals surface area contributed by atoms with Gasteiger partial charge in [-0.2, -0.15) is 0 Å². The Bertz CT molecular complexity index is 481. The molecule has 1 N–H and O–H groups in total. The van der Waals surface area contributed by atoms with E-state index in [4.69, 9.17) is 4.79 Å². The Labute approximate surface area is 135 Å². The molecule has 0 amide bonds. The summed E-state index contributed by atoms with van der Waals surface area (Å²) >= 11 is 0. The normalized spacial score (nSPS) is 9.04. The van der Waals surface area contributed by atoms with Crippen LogP contribution in [0.15, 0.2) is 18.2 Å². The minimum absolute atomic E-state index is 0.324. The maximum Gasteiger partial charge on any atom is 0.337 e. The van der Waals surface area contributed by atoms with E-state index in [9.17, 15) is 9.59 Å². The Balaban J connectivity index is 0.00000108. The highest BCUT2D eigenvalue weighted by molar-refractivity contribution is 5.96. The molecule has 0 saturated heterocycles. The smallest absolute Gasteiger partial charge is 0.337 e. The van der Waals surface area contributed by atoms with E-state index in [1.807, 2.05) is 0 Å². The Kier molecular flexibility index (Phi) is 10.7. The summed E-state index contributed by atoms with van der Waals surface area (Å²) in [6.45, 7) is 3.24. The Hall–Kier alpha value is -2.57. The predicted octanol–water partition coefficient (Wildman–Crippen LogP) is 2.26. The van der Waals surface area contributed by atoms with Crippen molar-refractivity contribution in [2.75, 3.05) is 33.2 Å². The molecule has 0 heterocycles. The third kappa shape index (κ3) is 7.85. The van der Waals surface area contributed by atoms with Crippen molar-refractivity contribution in [2.24, 2.45) is 0 Å². The van der Waals surface area contributed by atoms with Crippen LogP contribution in [-0.4, -0.2) is 46.3 Å². The maximum absolute atomic E-state index is 11.6. The van der Waals surface area contributed by atoms with Crippen LogP contribution in [0.3, 0.4) is 0 Å². The molecule has 0 fully saturated rings. The minimum Gasteiger partial charge on any atom is -0.471 e. The SMILES string of the molecule is CCCCNc1cc(C(=O)OC)cc(C(=O)OC)c1.COC=O. The molecule has 23 heavy (non-hydrogen) atoms. The number of benzene rings is 1. The number of unbranched alkanes of at least 4 members (excludes halogenated alkanes) is 1. The summed E-state index contributed by atoms with van der Waals surface area (Å²) in [4.78, 5) is 32.1. The van der Waals surface area contributed by atoms with Gasteiger partial charge in [-0.3, -0.25) is 4.79 Å². The molecule has 1 aromatic rings. The fraction of sp³-hybridized carbons (Fsp3) is 0.438. The number of hydrogen-bond donors (Lipinski definition) is 1. The highest BCUT2D eigenvalue weighted by atomic mass is 16.5. The van der Waals surface area contributed by atoms with Crippen molar-refractivity contribution in [3.8, 4) is 0 Å². The lowest BCUT2D eigenvalue weighted by molar-refractivity contribution is -0.126. The molecule has 0 aliphatic heterocycles. The molecule has 7 nitrogen and oxygen atoms in total. The van der Waals surface area contributed by atoms with E-state index in [0.717, 1.165) is 19.4 Å². The van der Waals surface area contributed by atoms with Gasteiger partial charge < -0.3 is 19.5 Å². The number of esters is 2. The van der Waals surface area contributed by atoms with E-state index in [-0.39, 0.29) is 0 Å². The first-order chi connectivity index (χ1) is 11.0. The molecule has 1 rings (SSSR count). The van der Waals surface area contributed by atoms with E-state index in [2.05, 4.69) is 26.5 Å². The van der Waals surface area contributed by atoms with Crippen molar-refractivity contribution in [2.45, 2.75) is 19.8 Å². The highest BCUT2D eigenvalue weighted by Crippen LogP contribution is 2.17. The zero-order valence-corrected chi connectivity index (χ0v) is 13.9. The molecule has 0 spiro atoms. The Morgan fingerprint density at radius 1 is 1.04 bits per heavy atom. The van der Waals surface area contributed by atoms with Crippen molar-refractivity contribution < 1.29 is 28.6 Å².